The van der Waals surface area contributed by atoms with Gasteiger partial charge in [-0.05, 0) is 57.7 Å². The quantitative estimate of drug-likeness (QED) is 0.298. The van der Waals surface area contributed by atoms with Crippen molar-refractivity contribution in [1.29, 1.82) is 0 Å². The molecule has 30 heavy (non-hydrogen) atoms. The fourth-order valence-corrected chi connectivity index (χ4v) is 6.94. The Morgan fingerprint density at radius 1 is 0.467 bits per heavy atom. The highest BCUT2D eigenvalue weighted by atomic mass is 32.1. The first-order chi connectivity index (χ1) is 14.2. The number of fused-ring (bicyclic) bond motifs is 2. The predicted octanol–water partition coefficient (Wildman–Crippen LogP) is 10.3. The van der Waals surface area contributed by atoms with E-state index in [1.807, 2.05) is 22.7 Å². The summed E-state index contributed by atoms with van der Waals surface area (Å²) in [5.41, 5.74) is 3.12. The van der Waals surface area contributed by atoms with E-state index in [1.165, 1.54) is 20.2 Å². The van der Waals surface area contributed by atoms with Crippen LogP contribution in [0.4, 0.5) is 0 Å². The lowest BCUT2D eigenvalue weighted by Gasteiger charge is -2.10. The predicted molar refractivity (Wildman–Crippen MR) is 140 cm³/mol. The van der Waals surface area contributed by atoms with Crippen molar-refractivity contribution < 1.29 is 0 Å². The van der Waals surface area contributed by atoms with E-state index < -0.39 is 0 Å². The highest BCUT2D eigenvalue weighted by molar-refractivity contribution is 7.19. The summed E-state index contributed by atoms with van der Waals surface area (Å²) in [6.07, 6.45) is 0. The standard InChI is InChI=1S/2C14H18S/c2*1-9(2)13-11-7-5-6-8-12(11)15-14(13)10(3)4/h2*5-10H,1-4H3. The monoisotopic (exact) mass is 436 g/mol. The lowest BCUT2D eigenvalue weighted by atomic mass is 9.95. The van der Waals surface area contributed by atoms with Crippen LogP contribution in [0.5, 0.6) is 0 Å². The van der Waals surface area contributed by atoms with E-state index in [1.54, 1.807) is 20.9 Å². The average molecular weight is 437 g/mol. The molecule has 0 bridgehead atoms. The van der Waals surface area contributed by atoms with Crippen molar-refractivity contribution in [2.45, 2.75) is 79.1 Å². The van der Waals surface area contributed by atoms with Gasteiger partial charge < -0.3 is 0 Å². The first-order valence-electron chi connectivity index (χ1n) is 11.2. The topological polar surface area (TPSA) is 0 Å². The van der Waals surface area contributed by atoms with Gasteiger partial charge in [0.2, 0.25) is 0 Å². The second-order valence-corrected chi connectivity index (χ2v) is 11.5. The number of rotatable bonds is 4. The van der Waals surface area contributed by atoms with Crippen LogP contribution in [0.25, 0.3) is 20.2 Å². The van der Waals surface area contributed by atoms with Crippen molar-refractivity contribution in [2.75, 3.05) is 0 Å². The minimum absolute atomic E-state index is 0.624. The molecular weight excluding hydrogens is 400 g/mol. The van der Waals surface area contributed by atoms with E-state index in [0.717, 1.165) is 0 Å². The fraction of sp³-hybridized carbons (Fsp3) is 0.429. The summed E-state index contributed by atoms with van der Waals surface area (Å²) in [7, 11) is 0. The summed E-state index contributed by atoms with van der Waals surface area (Å²) in [6.45, 7) is 18.3. The largest absolute Gasteiger partial charge is 0.140 e. The molecule has 0 saturated heterocycles. The molecule has 4 aromatic rings. The van der Waals surface area contributed by atoms with Crippen LogP contribution in [-0.4, -0.2) is 0 Å². The number of hydrogen-bond acceptors (Lipinski definition) is 2. The zero-order valence-corrected chi connectivity index (χ0v) is 21.4. The number of thiophene rings is 2. The van der Waals surface area contributed by atoms with Crippen LogP contribution in [0.3, 0.4) is 0 Å². The molecular formula is C28H36S2. The van der Waals surface area contributed by atoms with Crippen molar-refractivity contribution in [3.05, 3.63) is 69.4 Å². The zero-order chi connectivity index (χ0) is 22.0. The molecule has 2 heteroatoms. The molecule has 0 saturated carbocycles. The van der Waals surface area contributed by atoms with Gasteiger partial charge in [0.15, 0.2) is 0 Å². The first-order valence-corrected chi connectivity index (χ1v) is 12.9. The molecule has 0 nitrogen and oxygen atoms in total. The van der Waals surface area contributed by atoms with E-state index in [4.69, 9.17) is 0 Å². The van der Waals surface area contributed by atoms with Gasteiger partial charge in [-0.15, -0.1) is 22.7 Å². The van der Waals surface area contributed by atoms with Gasteiger partial charge in [-0.1, -0.05) is 91.8 Å². The molecule has 0 unspecified atom stereocenters. The first kappa shape index (κ1) is 23.0. The molecule has 0 aliphatic rings. The smallest absolute Gasteiger partial charge is 0.0348 e. The molecule has 0 radical (unpaired) electrons. The maximum Gasteiger partial charge on any atom is 0.0348 e. The second kappa shape index (κ2) is 9.66. The molecule has 4 rings (SSSR count). The van der Waals surface area contributed by atoms with Crippen molar-refractivity contribution in [3.63, 3.8) is 0 Å². The minimum atomic E-state index is 0.624. The van der Waals surface area contributed by atoms with E-state index in [9.17, 15) is 0 Å². The maximum absolute atomic E-state index is 2.29. The molecule has 2 aromatic heterocycles. The molecule has 160 valence electrons. The van der Waals surface area contributed by atoms with Crippen molar-refractivity contribution in [3.8, 4) is 0 Å². The fourth-order valence-electron chi connectivity index (χ4n) is 4.22. The third-order valence-corrected chi connectivity index (χ3v) is 8.50. The van der Waals surface area contributed by atoms with Crippen molar-refractivity contribution >= 4 is 42.8 Å². The molecule has 0 fully saturated rings. The van der Waals surface area contributed by atoms with E-state index in [-0.39, 0.29) is 0 Å². The van der Waals surface area contributed by atoms with Crippen LogP contribution >= 0.6 is 22.7 Å². The number of hydrogen-bond donors (Lipinski definition) is 0. The Labute approximate surface area is 191 Å². The van der Waals surface area contributed by atoms with Crippen molar-refractivity contribution in [2.24, 2.45) is 0 Å². The Balaban J connectivity index is 0.000000171. The lowest BCUT2D eigenvalue weighted by molar-refractivity contribution is 0.815. The lowest BCUT2D eigenvalue weighted by Crippen LogP contribution is -1.93. The van der Waals surface area contributed by atoms with Gasteiger partial charge in [-0.3, -0.25) is 0 Å². The molecule has 0 aliphatic heterocycles. The molecule has 0 spiro atoms. The van der Waals surface area contributed by atoms with Gasteiger partial charge in [-0.25, -0.2) is 0 Å². The zero-order valence-electron chi connectivity index (χ0n) is 19.7. The Bertz CT molecular complexity index is 1020. The van der Waals surface area contributed by atoms with Gasteiger partial charge in [0.05, 0.1) is 0 Å². The summed E-state index contributed by atoms with van der Waals surface area (Å²) in [4.78, 5) is 3.12. The van der Waals surface area contributed by atoms with Crippen LogP contribution in [0.15, 0.2) is 48.5 Å². The Hall–Kier alpha value is -1.64. The summed E-state index contributed by atoms with van der Waals surface area (Å²) >= 11 is 3.92. The number of benzene rings is 2. The van der Waals surface area contributed by atoms with Gasteiger partial charge in [0, 0.05) is 19.2 Å². The molecule has 0 N–H and O–H groups in total. The Morgan fingerprint density at radius 2 is 0.800 bits per heavy atom. The summed E-state index contributed by atoms with van der Waals surface area (Å²) < 4.78 is 2.87. The van der Waals surface area contributed by atoms with E-state index >= 15 is 0 Å². The SMILES string of the molecule is CC(C)c1sc2ccccc2c1C(C)C.CC(C)c1sc2ccccc2c1C(C)C. The van der Waals surface area contributed by atoms with Gasteiger partial charge in [0.1, 0.15) is 0 Å². The Morgan fingerprint density at radius 3 is 1.10 bits per heavy atom. The van der Waals surface area contributed by atoms with Crippen molar-refractivity contribution in [1.82, 2.24) is 0 Å². The molecule has 2 aromatic carbocycles. The average Bonchev–Trinajstić information content (AvgIpc) is 3.27. The van der Waals surface area contributed by atoms with Crippen LogP contribution < -0.4 is 0 Å². The van der Waals surface area contributed by atoms with Crippen LogP contribution in [0, 0.1) is 0 Å². The van der Waals surface area contributed by atoms with Gasteiger partial charge in [0.25, 0.3) is 0 Å². The van der Waals surface area contributed by atoms with E-state index in [2.05, 4.69) is 104 Å². The molecule has 0 atom stereocenters. The summed E-state index contributed by atoms with van der Waals surface area (Å²) in [6, 6.07) is 17.5. The van der Waals surface area contributed by atoms with Gasteiger partial charge >= 0.3 is 0 Å². The minimum Gasteiger partial charge on any atom is -0.140 e. The maximum atomic E-state index is 2.29. The highest BCUT2D eigenvalue weighted by Crippen LogP contribution is 2.40. The van der Waals surface area contributed by atoms with Gasteiger partial charge in [-0.2, -0.15) is 0 Å². The third kappa shape index (κ3) is 4.65. The normalized spacial score (nSPS) is 11.9. The van der Waals surface area contributed by atoms with Crippen LogP contribution in [0.2, 0.25) is 0 Å². The van der Waals surface area contributed by atoms with Crippen LogP contribution in [0.1, 0.15) is 99.9 Å². The molecule has 0 aliphatic carbocycles. The van der Waals surface area contributed by atoms with Crippen LogP contribution in [-0.2, 0) is 0 Å². The second-order valence-electron chi connectivity index (χ2n) is 9.37. The summed E-state index contributed by atoms with van der Waals surface area (Å²) in [5.74, 6) is 2.52. The summed E-state index contributed by atoms with van der Waals surface area (Å²) in [5, 5.41) is 2.92. The third-order valence-electron chi connectivity index (χ3n) is 5.53. The van der Waals surface area contributed by atoms with E-state index in [0.29, 0.717) is 23.7 Å². The highest BCUT2D eigenvalue weighted by Gasteiger charge is 2.17. The molecule has 0 amide bonds. The Kier molecular flexibility index (Phi) is 7.42. The molecule has 2 heterocycles.